The molecule has 0 bridgehead atoms. The normalized spacial score (nSPS) is 15.5. The number of aromatic nitrogens is 1. The predicted molar refractivity (Wildman–Crippen MR) is 104 cm³/mol. The molecule has 146 valence electrons. The zero-order valence-electron chi connectivity index (χ0n) is 15.7. The van der Waals surface area contributed by atoms with E-state index >= 15 is 0 Å². The molecule has 7 nitrogen and oxygen atoms in total. The Balaban J connectivity index is 1.39. The van der Waals surface area contributed by atoms with Gasteiger partial charge in [-0.05, 0) is 31.2 Å². The standard InChI is InChI=1S/C21H22N2O5/c1-2-22(13-15-14-26-18-9-5-6-10-19(18)27-15)20(24)11-12-23-16-7-3-4-8-17(16)28-21(23)25/h3-10,15H,2,11-14H2,1H3. The molecule has 0 radical (unpaired) electrons. The summed E-state index contributed by atoms with van der Waals surface area (Å²) in [4.78, 5) is 26.5. The Kier molecular flexibility index (Phi) is 5.06. The van der Waals surface area contributed by atoms with Crippen LogP contribution in [0.4, 0.5) is 0 Å². The molecule has 0 N–H and O–H groups in total. The maximum absolute atomic E-state index is 12.7. The van der Waals surface area contributed by atoms with Crippen molar-refractivity contribution in [3.63, 3.8) is 0 Å². The maximum atomic E-state index is 12.7. The van der Waals surface area contributed by atoms with Crippen LogP contribution in [-0.4, -0.2) is 41.2 Å². The van der Waals surface area contributed by atoms with Crippen molar-refractivity contribution in [1.29, 1.82) is 0 Å². The van der Waals surface area contributed by atoms with Gasteiger partial charge in [0.25, 0.3) is 0 Å². The minimum Gasteiger partial charge on any atom is -0.486 e. The summed E-state index contributed by atoms with van der Waals surface area (Å²) in [6, 6.07) is 14.7. The number of carbonyl (C=O) groups excluding carboxylic acids is 1. The number of rotatable bonds is 6. The lowest BCUT2D eigenvalue weighted by atomic mass is 10.2. The van der Waals surface area contributed by atoms with Crippen molar-refractivity contribution >= 4 is 17.0 Å². The fourth-order valence-corrected chi connectivity index (χ4v) is 3.40. The molecule has 1 aliphatic rings. The summed E-state index contributed by atoms with van der Waals surface area (Å²) in [5.74, 6) is 0.929. The van der Waals surface area contributed by atoms with Gasteiger partial charge in [0, 0.05) is 19.5 Å². The van der Waals surface area contributed by atoms with E-state index in [2.05, 4.69) is 0 Å². The van der Waals surface area contributed by atoms with Gasteiger partial charge in [0.2, 0.25) is 5.91 Å². The van der Waals surface area contributed by atoms with E-state index in [1.165, 1.54) is 4.57 Å². The molecule has 1 amide bonds. The summed E-state index contributed by atoms with van der Waals surface area (Å²) in [6.45, 7) is 3.59. The smallest absolute Gasteiger partial charge is 0.419 e. The van der Waals surface area contributed by atoms with Crippen molar-refractivity contribution in [2.45, 2.75) is 26.0 Å². The number of para-hydroxylation sites is 4. The van der Waals surface area contributed by atoms with Gasteiger partial charge in [0.15, 0.2) is 23.2 Å². The Bertz CT molecular complexity index is 1040. The molecule has 3 aromatic rings. The summed E-state index contributed by atoms with van der Waals surface area (Å²) in [7, 11) is 0. The van der Waals surface area contributed by atoms with E-state index in [0.29, 0.717) is 36.5 Å². The van der Waals surface area contributed by atoms with Gasteiger partial charge in [0.1, 0.15) is 6.61 Å². The molecule has 0 saturated carbocycles. The molecular formula is C21H22N2O5. The van der Waals surface area contributed by atoms with Gasteiger partial charge in [-0.25, -0.2) is 4.79 Å². The van der Waals surface area contributed by atoms with Crippen molar-refractivity contribution in [1.82, 2.24) is 9.47 Å². The van der Waals surface area contributed by atoms with Crippen LogP contribution in [0.5, 0.6) is 11.5 Å². The first-order chi connectivity index (χ1) is 13.7. The Morgan fingerprint density at radius 3 is 2.71 bits per heavy atom. The fraction of sp³-hybridized carbons (Fsp3) is 0.333. The number of ether oxygens (including phenoxy) is 2. The van der Waals surface area contributed by atoms with Crippen molar-refractivity contribution < 1.29 is 18.7 Å². The van der Waals surface area contributed by atoms with Crippen LogP contribution in [-0.2, 0) is 11.3 Å². The summed E-state index contributed by atoms with van der Waals surface area (Å²) >= 11 is 0. The van der Waals surface area contributed by atoms with Gasteiger partial charge >= 0.3 is 5.76 Å². The Morgan fingerprint density at radius 2 is 1.89 bits per heavy atom. The van der Waals surface area contributed by atoms with Gasteiger partial charge in [0.05, 0.1) is 12.1 Å². The number of hydrogen-bond acceptors (Lipinski definition) is 5. The largest absolute Gasteiger partial charge is 0.486 e. The number of aryl methyl sites for hydroxylation is 1. The third-order valence-electron chi connectivity index (χ3n) is 4.85. The molecule has 0 aliphatic carbocycles. The molecule has 0 spiro atoms. The van der Waals surface area contributed by atoms with Gasteiger partial charge in [-0.1, -0.05) is 24.3 Å². The highest BCUT2D eigenvalue weighted by Crippen LogP contribution is 2.31. The van der Waals surface area contributed by atoms with Crippen molar-refractivity contribution in [2.75, 3.05) is 19.7 Å². The van der Waals surface area contributed by atoms with Gasteiger partial charge in [-0.2, -0.15) is 0 Å². The van der Waals surface area contributed by atoms with E-state index in [4.69, 9.17) is 13.9 Å². The molecule has 7 heteroatoms. The third-order valence-corrected chi connectivity index (χ3v) is 4.85. The average molecular weight is 382 g/mol. The molecular weight excluding hydrogens is 360 g/mol. The second-order valence-electron chi connectivity index (χ2n) is 6.67. The van der Waals surface area contributed by atoms with Crippen LogP contribution in [0.3, 0.4) is 0 Å². The molecule has 2 heterocycles. The van der Waals surface area contributed by atoms with Crippen molar-refractivity contribution in [2.24, 2.45) is 0 Å². The van der Waals surface area contributed by atoms with Gasteiger partial charge < -0.3 is 18.8 Å². The number of nitrogens with zero attached hydrogens (tertiary/aromatic N) is 2. The molecule has 4 rings (SSSR count). The second kappa shape index (κ2) is 7.80. The van der Waals surface area contributed by atoms with Gasteiger partial charge in [-0.3, -0.25) is 9.36 Å². The lowest BCUT2D eigenvalue weighted by Crippen LogP contribution is -2.43. The minimum absolute atomic E-state index is 0.0397. The number of amides is 1. The van der Waals surface area contributed by atoms with E-state index in [1.54, 1.807) is 11.0 Å². The number of oxazole rings is 1. The average Bonchev–Trinajstić information content (AvgIpc) is 3.05. The monoisotopic (exact) mass is 382 g/mol. The first-order valence-electron chi connectivity index (χ1n) is 9.40. The topological polar surface area (TPSA) is 73.9 Å². The van der Waals surface area contributed by atoms with E-state index < -0.39 is 5.76 Å². The van der Waals surface area contributed by atoms with E-state index in [9.17, 15) is 9.59 Å². The lowest BCUT2D eigenvalue weighted by Gasteiger charge is -2.31. The number of hydrogen-bond donors (Lipinski definition) is 0. The number of carbonyl (C=O) groups is 1. The van der Waals surface area contributed by atoms with E-state index in [1.807, 2.05) is 49.4 Å². The molecule has 1 atom stereocenters. The van der Waals surface area contributed by atoms with E-state index in [-0.39, 0.29) is 25.0 Å². The maximum Gasteiger partial charge on any atom is 0.419 e. The summed E-state index contributed by atoms with van der Waals surface area (Å²) in [5.41, 5.74) is 1.22. The van der Waals surface area contributed by atoms with Crippen LogP contribution < -0.4 is 15.2 Å². The zero-order chi connectivity index (χ0) is 19.5. The Hall–Kier alpha value is -3.22. The van der Waals surface area contributed by atoms with Crippen LogP contribution in [0, 0.1) is 0 Å². The van der Waals surface area contributed by atoms with Crippen LogP contribution in [0.2, 0.25) is 0 Å². The molecule has 28 heavy (non-hydrogen) atoms. The summed E-state index contributed by atoms with van der Waals surface area (Å²) < 4.78 is 18.4. The summed E-state index contributed by atoms with van der Waals surface area (Å²) in [5, 5.41) is 0. The molecule has 1 aliphatic heterocycles. The molecule has 2 aromatic carbocycles. The molecule has 1 aromatic heterocycles. The van der Waals surface area contributed by atoms with Crippen LogP contribution in [0.15, 0.2) is 57.7 Å². The first kappa shape index (κ1) is 18.2. The first-order valence-corrected chi connectivity index (χ1v) is 9.40. The Morgan fingerprint density at radius 1 is 1.14 bits per heavy atom. The number of benzene rings is 2. The lowest BCUT2D eigenvalue weighted by molar-refractivity contribution is -0.132. The summed E-state index contributed by atoms with van der Waals surface area (Å²) in [6.07, 6.45) is -0.0159. The van der Waals surface area contributed by atoms with Crippen molar-refractivity contribution in [3.8, 4) is 11.5 Å². The highest BCUT2D eigenvalue weighted by atomic mass is 16.6. The quantitative estimate of drug-likeness (QED) is 0.655. The highest BCUT2D eigenvalue weighted by Gasteiger charge is 2.25. The minimum atomic E-state index is -0.447. The fourth-order valence-electron chi connectivity index (χ4n) is 3.40. The molecule has 1 unspecified atom stereocenters. The molecule has 0 fully saturated rings. The van der Waals surface area contributed by atoms with Gasteiger partial charge in [-0.15, -0.1) is 0 Å². The molecule has 0 saturated heterocycles. The third kappa shape index (κ3) is 3.60. The second-order valence-corrected chi connectivity index (χ2v) is 6.67. The van der Waals surface area contributed by atoms with Crippen LogP contribution >= 0.6 is 0 Å². The Labute approximate surface area is 162 Å². The van der Waals surface area contributed by atoms with Crippen LogP contribution in [0.1, 0.15) is 13.3 Å². The zero-order valence-corrected chi connectivity index (χ0v) is 15.7. The number of fused-ring (bicyclic) bond motifs is 2. The predicted octanol–water partition coefficient (Wildman–Crippen LogP) is 2.67. The number of likely N-dealkylation sites (N-methyl/N-ethyl adjacent to an activating group) is 1. The SMILES string of the molecule is CCN(CC1COc2ccccc2O1)C(=O)CCn1c(=O)oc2ccccc21. The van der Waals surface area contributed by atoms with E-state index in [0.717, 1.165) is 5.75 Å². The van der Waals surface area contributed by atoms with Crippen molar-refractivity contribution in [3.05, 3.63) is 59.1 Å². The highest BCUT2D eigenvalue weighted by molar-refractivity contribution is 5.77. The van der Waals surface area contributed by atoms with Crippen LogP contribution in [0.25, 0.3) is 11.1 Å².